The van der Waals surface area contributed by atoms with Crippen molar-refractivity contribution in [2.45, 2.75) is 11.8 Å². The highest BCUT2D eigenvalue weighted by molar-refractivity contribution is 7.87. The smallest absolute Gasteiger partial charge is 0.340 e. The van der Waals surface area contributed by atoms with E-state index in [4.69, 9.17) is 58.6 Å². The van der Waals surface area contributed by atoms with Crippen LogP contribution in [0.2, 0.25) is 10.0 Å². The fourth-order valence-corrected chi connectivity index (χ4v) is 3.86. The van der Waals surface area contributed by atoms with Gasteiger partial charge in [-0.15, -0.1) is 10.1 Å². The Morgan fingerprint density at radius 1 is 1.31 bits per heavy atom. The number of nitrogens with two attached hydrogens (primary N) is 1. The Hall–Kier alpha value is -3.29. The highest BCUT2D eigenvalue weighted by Gasteiger charge is 2.21. The van der Waals surface area contributed by atoms with Gasteiger partial charge in [0.2, 0.25) is 5.96 Å². The largest absolute Gasteiger partial charge is 0.492 e. The third-order valence-electron chi connectivity index (χ3n) is 3.41. The number of nitrogens with one attached hydrogen (secondary N) is 1. The molecule has 2 rings (SSSR count). The maximum atomic E-state index is 12.5. The molecule has 0 aliphatic carbocycles. The number of hydrogen-bond donors (Lipinski definition) is 3. The molecule has 2 aromatic rings. The van der Waals surface area contributed by atoms with Crippen molar-refractivity contribution in [1.82, 2.24) is 5.01 Å². The highest BCUT2D eigenvalue weighted by atomic mass is 35.5. The molecule has 0 unspecified atom stereocenters. The molecule has 0 fully saturated rings. The summed E-state index contributed by atoms with van der Waals surface area (Å²) in [6.45, 7) is 5.39. The SMILES string of the molecule is C=NN(CCOc1cc(C)cc(OS(=O)(=O)c2cc(Cl)ccc2Cl)c1)C(=N)N.O=[N+]([O-])O. The predicted octanol–water partition coefficient (Wildman–Crippen LogP) is 2.91. The van der Waals surface area contributed by atoms with Crippen LogP contribution >= 0.6 is 23.2 Å². The van der Waals surface area contributed by atoms with Crippen molar-refractivity contribution < 1.29 is 27.6 Å². The first kappa shape index (κ1) is 26.7. The zero-order valence-corrected chi connectivity index (χ0v) is 18.9. The first-order valence-electron chi connectivity index (χ1n) is 8.41. The summed E-state index contributed by atoms with van der Waals surface area (Å²) in [7, 11) is -4.20. The number of hydrazone groups is 1. The van der Waals surface area contributed by atoms with E-state index >= 15 is 0 Å². The van der Waals surface area contributed by atoms with Gasteiger partial charge in [0.1, 0.15) is 23.0 Å². The maximum absolute atomic E-state index is 12.5. The third-order valence-corrected chi connectivity index (χ3v) is 5.38. The van der Waals surface area contributed by atoms with E-state index in [-0.39, 0.29) is 39.8 Å². The van der Waals surface area contributed by atoms with Gasteiger partial charge in [0.15, 0.2) is 0 Å². The van der Waals surface area contributed by atoms with Crippen LogP contribution in [0.25, 0.3) is 0 Å². The molecule has 0 amide bonds. The average molecular weight is 508 g/mol. The molecule has 0 aromatic heterocycles. The molecule has 0 radical (unpaired) electrons. The number of rotatable bonds is 8. The monoisotopic (exact) mass is 507 g/mol. The van der Waals surface area contributed by atoms with Crippen molar-refractivity contribution >= 4 is 46.0 Å². The molecule has 2 aromatic carbocycles. The molecular weight excluding hydrogens is 489 g/mol. The summed E-state index contributed by atoms with van der Waals surface area (Å²) in [6, 6.07) is 8.72. The van der Waals surface area contributed by atoms with Gasteiger partial charge in [-0.2, -0.15) is 13.5 Å². The molecule has 12 nitrogen and oxygen atoms in total. The van der Waals surface area contributed by atoms with E-state index < -0.39 is 15.2 Å². The number of benzene rings is 2. The number of ether oxygens (including phenoxy) is 1. The van der Waals surface area contributed by atoms with Crippen molar-refractivity contribution in [3.05, 3.63) is 62.1 Å². The summed E-state index contributed by atoms with van der Waals surface area (Å²) < 4.78 is 35.8. The van der Waals surface area contributed by atoms with Gasteiger partial charge in [0, 0.05) is 17.8 Å². The van der Waals surface area contributed by atoms with E-state index in [1.807, 2.05) is 0 Å². The highest BCUT2D eigenvalue weighted by Crippen LogP contribution is 2.30. The summed E-state index contributed by atoms with van der Waals surface area (Å²) in [6.07, 6.45) is 0. The molecule has 0 atom stereocenters. The van der Waals surface area contributed by atoms with Gasteiger partial charge in [-0.25, -0.2) is 5.01 Å². The Morgan fingerprint density at radius 2 is 1.91 bits per heavy atom. The quantitative estimate of drug-likeness (QED) is 0.159. The number of aryl methyl sites for hydroxylation is 1. The van der Waals surface area contributed by atoms with Crippen LogP contribution in [0.3, 0.4) is 0 Å². The van der Waals surface area contributed by atoms with Gasteiger partial charge in [-0.3, -0.25) is 5.41 Å². The number of nitrogens with zero attached hydrogens (tertiary/aromatic N) is 3. The van der Waals surface area contributed by atoms with Crippen LogP contribution in [0.4, 0.5) is 0 Å². The van der Waals surface area contributed by atoms with E-state index in [0.717, 1.165) is 5.01 Å². The summed E-state index contributed by atoms with van der Waals surface area (Å²) in [5.74, 6) is 0.155. The number of hydrogen-bond acceptors (Lipinski definition) is 8. The normalized spacial score (nSPS) is 10.3. The molecule has 0 saturated carbocycles. The standard InChI is InChI=1S/C17H18Cl2N4O4S.HNO3/c1-11-7-13(26-6-5-23(22-2)17(20)21)10-14(8-11)27-28(24,25)16-9-12(18)3-4-15(16)19;2-1(3)4/h3-4,7-10H,2,5-6H2,1H3,(H3,20,21);(H,2,3,4). The van der Waals surface area contributed by atoms with E-state index in [9.17, 15) is 8.42 Å². The van der Waals surface area contributed by atoms with Crippen LogP contribution in [-0.2, 0) is 10.1 Å². The topological polar surface area (TPSA) is 181 Å². The van der Waals surface area contributed by atoms with Gasteiger partial charge in [-0.1, -0.05) is 23.2 Å². The molecule has 0 aliphatic rings. The van der Waals surface area contributed by atoms with E-state index in [1.165, 1.54) is 30.3 Å². The maximum Gasteiger partial charge on any atom is 0.340 e. The molecule has 0 bridgehead atoms. The fraction of sp³-hybridized carbons (Fsp3) is 0.176. The van der Waals surface area contributed by atoms with Crippen LogP contribution in [0.1, 0.15) is 5.56 Å². The number of halogens is 2. The van der Waals surface area contributed by atoms with Gasteiger partial charge < -0.3 is 19.9 Å². The van der Waals surface area contributed by atoms with Crippen LogP contribution in [0.15, 0.2) is 46.4 Å². The zero-order valence-electron chi connectivity index (χ0n) is 16.6. The van der Waals surface area contributed by atoms with Gasteiger partial charge in [-0.05, 0) is 42.8 Å². The molecule has 0 saturated heterocycles. The first-order chi connectivity index (χ1) is 14.9. The molecule has 0 aliphatic heterocycles. The Kier molecular flexibility index (Phi) is 9.97. The van der Waals surface area contributed by atoms with Crippen molar-refractivity contribution in [2.24, 2.45) is 10.8 Å². The van der Waals surface area contributed by atoms with Crippen LogP contribution in [0.5, 0.6) is 11.5 Å². The van der Waals surface area contributed by atoms with E-state index in [1.54, 1.807) is 13.0 Å². The molecular formula is C17H19Cl2N5O7S. The Labute approximate surface area is 193 Å². The third kappa shape index (κ3) is 8.83. The van der Waals surface area contributed by atoms with Crippen LogP contribution < -0.4 is 14.7 Å². The Bertz CT molecular complexity index is 1090. The summed E-state index contributed by atoms with van der Waals surface area (Å²) in [5, 5.41) is 25.9. The lowest BCUT2D eigenvalue weighted by Crippen LogP contribution is -2.34. The predicted molar refractivity (Wildman–Crippen MR) is 118 cm³/mol. The van der Waals surface area contributed by atoms with Gasteiger partial charge >= 0.3 is 10.1 Å². The van der Waals surface area contributed by atoms with Crippen LogP contribution in [-0.4, -0.2) is 49.5 Å². The minimum atomic E-state index is -4.20. The second kappa shape index (κ2) is 11.9. The molecule has 32 heavy (non-hydrogen) atoms. The van der Waals surface area contributed by atoms with Crippen LogP contribution in [0, 0.1) is 22.4 Å². The minimum Gasteiger partial charge on any atom is -0.492 e. The lowest BCUT2D eigenvalue weighted by atomic mass is 10.2. The van der Waals surface area contributed by atoms with Gasteiger partial charge in [0.05, 0.1) is 11.6 Å². The van der Waals surface area contributed by atoms with E-state index in [2.05, 4.69) is 11.8 Å². The molecule has 15 heteroatoms. The summed E-state index contributed by atoms with van der Waals surface area (Å²) >= 11 is 11.8. The summed E-state index contributed by atoms with van der Waals surface area (Å²) in [5.41, 5.74) is 6.05. The molecule has 0 heterocycles. The van der Waals surface area contributed by atoms with Crippen molar-refractivity contribution in [3.63, 3.8) is 0 Å². The first-order valence-corrected chi connectivity index (χ1v) is 10.6. The lowest BCUT2D eigenvalue weighted by molar-refractivity contribution is -0.742. The fourth-order valence-electron chi connectivity index (χ4n) is 2.20. The lowest BCUT2D eigenvalue weighted by Gasteiger charge is -2.16. The number of guanidine groups is 1. The van der Waals surface area contributed by atoms with Crippen molar-refractivity contribution in [2.75, 3.05) is 13.2 Å². The Balaban J connectivity index is 0.00000118. The average Bonchev–Trinajstić information content (AvgIpc) is 2.65. The van der Waals surface area contributed by atoms with E-state index in [0.29, 0.717) is 11.3 Å². The second-order valence-corrected chi connectivity index (χ2v) is 8.19. The van der Waals surface area contributed by atoms with Gasteiger partial charge in [0.25, 0.3) is 5.09 Å². The molecule has 4 N–H and O–H groups in total. The summed E-state index contributed by atoms with van der Waals surface area (Å²) in [4.78, 5) is 8.12. The molecule has 0 spiro atoms. The van der Waals surface area contributed by atoms with Crippen molar-refractivity contribution in [1.29, 1.82) is 5.41 Å². The Morgan fingerprint density at radius 3 is 2.47 bits per heavy atom. The zero-order chi connectivity index (χ0) is 24.5. The van der Waals surface area contributed by atoms with Crippen molar-refractivity contribution in [3.8, 4) is 11.5 Å². The second-order valence-electron chi connectivity index (χ2n) is 5.83. The minimum absolute atomic E-state index is 0.00484. The molecule has 174 valence electrons.